The number of anilines is 2. The minimum absolute atomic E-state index is 0.262. The molecular formula is C24H16ClNO4S2. The highest BCUT2D eigenvalue weighted by Crippen LogP contribution is 2.48. The highest BCUT2D eigenvalue weighted by atomic mass is 35.5. The van der Waals surface area contributed by atoms with Gasteiger partial charge in [0.25, 0.3) is 5.91 Å². The Kier molecular flexibility index (Phi) is 5.55. The van der Waals surface area contributed by atoms with Gasteiger partial charge in [0.1, 0.15) is 10.6 Å². The number of halogens is 1. The summed E-state index contributed by atoms with van der Waals surface area (Å²) < 4.78 is 11.4. The van der Waals surface area contributed by atoms with E-state index in [0.717, 1.165) is 31.3 Å². The summed E-state index contributed by atoms with van der Waals surface area (Å²) in [5.74, 6) is -0.292. The molecule has 2 heterocycles. The minimum Gasteiger partial charge on any atom is -0.497 e. The van der Waals surface area contributed by atoms with Crippen molar-refractivity contribution in [2.75, 3.05) is 18.6 Å². The molecule has 1 aromatic heterocycles. The van der Waals surface area contributed by atoms with Crippen LogP contribution < -0.4 is 9.64 Å². The Labute approximate surface area is 197 Å². The van der Waals surface area contributed by atoms with Crippen molar-refractivity contribution in [2.45, 2.75) is 9.79 Å². The third-order valence-corrected chi connectivity index (χ3v) is 7.80. The van der Waals surface area contributed by atoms with Gasteiger partial charge in [-0.1, -0.05) is 47.6 Å². The number of amides is 1. The van der Waals surface area contributed by atoms with Crippen molar-refractivity contribution >= 4 is 68.0 Å². The lowest BCUT2D eigenvalue weighted by Crippen LogP contribution is -2.32. The number of ether oxygens (including phenoxy) is 2. The van der Waals surface area contributed by atoms with Gasteiger partial charge in [0.15, 0.2) is 6.61 Å². The van der Waals surface area contributed by atoms with Gasteiger partial charge in [0.2, 0.25) is 0 Å². The Balaban J connectivity index is 1.39. The summed E-state index contributed by atoms with van der Waals surface area (Å²) in [6.07, 6.45) is 0. The van der Waals surface area contributed by atoms with Crippen LogP contribution in [0.1, 0.15) is 9.67 Å². The number of thiophene rings is 1. The Bertz CT molecular complexity index is 1320. The summed E-state index contributed by atoms with van der Waals surface area (Å²) in [6.45, 7) is -0.403. The van der Waals surface area contributed by atoms with E-state index in [4.69, 9.17) is 21.1 Å². The molecule has 1 aliphatic heterocycles. The van der Waals surface area contributed by atoms with E-state index in [1.807, 2.05) is 54.6 Å². The molecule has 0 saturated carbocycles. The average Bonchev–Trinajstić information content (AvgIpc) is 3.16. The molecule has 5 rings (SSSR count). The maximum atomic E-state index is 13.2. The highest BCUT2D eigenvalue weighted by molar-refractivity contribution is 7.99. The molecule has 0 atom stereocenters. The van der Waals surface area contributed by atoms with Crippen molar-refractivity contribution in [1.29, 1.82) is 0 Å². The summed E-state index contributed by atoms with van der Waals surface area (Å²) in [4.78, 5) is 29.8. The number of fused-ring (bicyclic) bond motifs is 3. The Morgan fingerprint density at radius 1 is 0.969 bits per heavy atom. The monoisotopic (exact) mass is 481 g/mol. The first-order valence-electron chi connectivity index (χ1n) is 9.69. The maximum Gasteiger partial charge on any atom is 0.350 e. The van der Waals surface area contributed by atoms with E-state index in [1.165, 1.54) is 11.3 Å². The van der Waals surface area contributed by atoms with Crippen LogP contribution in [0, 0.1) is 0 Å². The van der Waals surface area contributed by atoms with E-state index < -0.39 is 12.6 Å². The van der Waals surface area contributed by atoms with Crippen molar-refractivity contribution in [3.05, 3.63) is 76.6 Å². The zero-order valence-corrected chi connectivity index (χ0v) is 19.2. The standard InChI is InChI=1S/C24H16ClNO4S2/c1-29-14-10-11-15-20(12-14)32-23(22(15)25)24(28)30-13-21(27)26-16-6-2-4-8-18(16)31-19-9-5-3-7-17(19)26/h2-12H,13H2,1H3. The lowest BCUT2D eigenvalue weighted by atomic mass is 10.2. The van der Waals surface area contributed by atoms with Crippen LogP contribution in [0.2, 0.25) is 5.02 Å². The molecule has 4 aromatic rings. The number of benzene rings is 3. The van der Waals surface area contributed by atoms with Crippen LogP contribution in [0.15, 0.2) is 76.5 Å². The molecule has 160 valence electrons. The summed E-state index contributed by atoms with van der Waals surface area (Å²) in [6, 6.07) is 20.7. The Hall–Kier alpha value is -3.00. The lowest BCUT2D eigenvalue weighted by Gasteiger charge is -2.30. The Morgan fingerprint density at radius 3 is 2.28 bits per heavy atom. The first-order valence-corrected chi connectivity index (χ1v) is 11.7. The molecule has 1 aliphatic rings. The number of hydrogen-bond donors (Lipinski definition) is 0. The van der Waals surface area contributed by atoms with Gasteiger partial charge in [-0.2, -0.15) is 0 Å². The van der Waals surface area contributed by atoms with E-state index in [9.17, 15) is 9.59 Å². The van der Waals surface area contributed by atoms with Crippen molar-refractivity contribution in [3.63, 3.8) is 0 Å². The molecule has 0 fully saturated rings. The van der Waals surface area contributed by atoms with Crippen molar-refractivity contribution < 1.29 is 19.1 Å². The smallest absolute Gasteiger partial charge is 0.350 e. The SMILES string of the molecule is COc1ccc2c(Cl)c(C(=O)OCC(=O)N3c4ccccc4Sc4ccccc43)sc2c1. The molecule has 0 aliphatic carbocycles. The third kappa shape index (κ3) is 3.62. The number of methoxy groups -OCH3 is 1. The molecule has 0 saturated heterocycles. The molecule has 0 bridgehead atoms. The zero-order chi connectivity index (χ0) is 22.2. The Morgan fingerprint density at radius 2 is 1.62 bits per heavy atom. The number of carbonyl (C=O) groups excluding carboxylic acids is 2. The van der Waals surface area contributed by atoms with Crippen LogP contribution in [-0.4, -0.2) is 25.6 Å². The van der Waals surface area contributed by atoms with Gasteiger partial charge in [-0.3, -0.25) is 9.69 Å². The molecule has 0 spiro atoms. The summed E-state index contributed by atoms with van der Waals surface area (Å²) in [5.41, 5.74) is 1.54. The van der Waals surface area contributed by atoms with E-state index in [2.05, 4.69) is 0 Å². The fourth-order valence-electron chi connectivity index (χ4n) is 3.53. The second-order valence-corrected chi connectivity index (χ2v) is 9.46. The molecule has 5 nitrogen and oxygen atoms in total. The number of para-hydroxylation sites is 2. The van der Waals surface area contributed by atoms with Crippen LogP contribution >= 0.6 is 34.7 Å². The van der Waals surface area contributed by atoms with Crippen molar-refractivity contribution in [2.24, 2.45) is 0 Å². The predicted octanol–water partition coefficient (Wildman–Crippen LogP) is 6.55. The quantitative estimate of drug-likeness (QED) is 0.309. The fourth-order valence-corrected chi connectivity index (χ4v) is 6.02. The van der Waals surface area contributed by atoms with Crippen LogP contribution in [0.5, 0.6) is 5.75 Å². The van der Waals surface area contributed by atoms with E-state index in [0.29, 0.717) is 10.8 Å². The molecule has 3 aromatic carbocycles. The van der Waals surface area contributed by atoms with Crippen molar-refractivity contribution in [3.8, 4) is 5.75 Å². The van der Waals surface area contributed by atoms with Crippen molar-refractivity contribution in [1.82, 2.24) is 0 Å². The van der Waals surface area contributed by atoms with Gasteiger partial charge in [0, 0.05) is 19.9 Å². The molecule has 32 heavy (non-hydrogen) atoms. The summed E-state index contributed by atoms with van der Waals surface area (Å²) >= 11 is 9.23. The van der Waals surface area contributed by atoms with Gasteiger partial charge >= 0.3 is 5.97 Å². The van der Waals surface area contributed by atoms with E-state index >= 15 is 0 Å². The number of hydrogen-bond acceptors (Lipinski definition) is 6. The molecule has 8 heteroatoms. The zero-order valence-electron chi connectivity index (χ0n) is 16.8. The second-order valence-electron chi connectivity index (χ2n) is 6.95. The van der Waals surface area contributed by atoms with Gasteiger partial charge in [-0.25, -0.2) is 4.79 Å². The fraction of sp³-hybridized carbons (Fsp3) is 0.0833. The third-order valence-electron chi connectivity index (χ3n) is 5.03. The maximum absolute atomic E-state index is 13.2. The predicted molar refractivity (Wildman–Crippen MR) is 128 cm³/mol. The molecule has 0 radical (unpaired) electrons. The largest absolute Gasteiger partial charge is 0.497 e. The molecule has 0 N–H and O–H groups in total. The molecular weight excluding hydrogens is 466 g/mol. The average molecular weight is 482 g/mol. The highest BCUT2D eigenvalue weighted by Gasteiger charge is 2.29. The van der Waals surface area contributed by atoms with Gasteiger partial charge in [0.05, 0.1) is 23.5 Å². The first-order chi connectivity index (χ1) is 15.6. The van der Waals surface area contributed by atoms with E-state index in [1.54, 1.807) is 35.9 Å². The van der Waals surface area contributed by atoms with Gasteiger partial charge in [-0.05, 0) is 42.5 Å². The number of esters is 1. The van der Waals surface area contributed by atoms with Crippen LogP contribution in [0.4, 0.5) is 11.4 Å². The van der Waals surface area contributed by atoms with Gasteiger partial charge in [-0.15, -0.1) is 11.3 Å². The summed E-state index contributed by atoms with van der Waals surface area (Å²) in [7, 11) is 1.58. The topological polar surface area (TPSA) is 55.8 Å². The summed E-state index contributed by atoms with van der Waals surface area (Å²) in [5, 5.41) is 1.06. The number of carbonyl (C=O) groups is 2. The number of rotatable bonds is 4. The normalized spacial score (nSPS) is 12.2. The first kappa shape index (κ1) is 20.9. The lowest BCUT2D eigenvalue weighted by molar-refractivity contribution is -0.121. The van der Waals surface area contributed by atoms with Crippen LogP contribution in [0.25, 0.3) is 10.1 Å². The molecule has 0 unspecified atom stereocenters. The van der Waals surface area contributed by atoms with Crippen LogP contribution in [0.3, 0.4) is 0 Å². The molecule has 1 amide bonds. The second kappa shape index (κ2) is 8.50. The van der Waals surface area contributed by atoms with Gasteiger partial charge < -0.3 is 9.47 Å². The number of nitrogens with zero attached hydrogens (tertiary/aromatic N) is 1. The van der Waals surface area contributed by atoms with Crippen LogP contribution in [-0.2, 0) is 9.53 Å². The van der Waals surface area contributed by atoms with E-state index in [-0.39, 0.29) is 10.8 Å². The minimum atomic E-state index is -0.628.